The van der Waals surface area contributed by atoms with Crippen LogP contribution in [0, 0.1) is 6.92 Å². The third-order valence-corrected chi connectivity index (χ3v) is 5.59. The topological polar surface area (TPSA) is 78.7 Å². The second kappa shape index (κ2) is 9.20. The molecule has 6 nitrogen and oxygen atoms in total. The van der Waals surface area contributed by atoms with Gasteiger partial charge in [0.05, 0.1) is 0 Å². The molecule has 2 aromatic carbocycles. The van der Waals surface area contributed by atoms with Gasteiger partial charge in [0.15, 0.2) is 0 Å². The number of likely N-dealkylation sites (N-methyl/N-ethyl adjacent to an activating group) is 2. The summed E-state index contributed by atoms with van der Waals surface area (Å²) in [6.07, 6.45) is 2.13. The molecule has 0 bridgehead atoms. The third kappa shape index (κ3) is 5.22. The van der Waals surface area contributed by atoms with Crippen LogP contribution in [-0.2, 0) is 4.79 Å². The number of carbonyl (C=O) groups excluding carboxylic acids is 2. The first-order valence-corrected chi connectivity index (χ1v) is 10.0. The van der Waals surface area contributed by atoms with Gasteiger partial charge in [-0.15, -0.1) is 0 Å². The molecule has 1 aliphatic rings. The van der Waals surface area contributed by atoms with Crippen LogP contribution in [0.2, 0.25) is 0 Å². The highest BCUT2D eigenvalue weighted by atomic mass is 16.2. The van der Waals surface area contributed by atoms with Gasteiger partial charge in [0.25, 0.3) is 5.91 Å². The number of nitrogens with zero attached hydrogens (tertiary/aromatic N) is 2. The van der Waals surface area contributed by atoms with Crippen LogP contribution < -0.4 is 11.1 Å². The first-order chi connectivity index (χ1) is 13.8. The van der Waals surface area contributed by atoms with Crippen molar-refractivity contribution < 1.29 is 9.59 Å². The Labute approximate surface area is 172 Å². The number of anilines is 1. The lowest BCUT2D eigenvalue weighted by atomic mass is 10.0. The molecule has 2 aromatic rings. The molecule has 2 atom stereocenters. The van der Waals surface area contributed by atoms with Crippen LogP contribution in [-0.4, -0.2) is 54.8 Å². The molecule has 0 spiro atoms. The Kier molecular flexibility index (Phi) is 6.67. The fourth-order valence-corrected chi connectivity index (χ4v) is 3.67. The zero-order valence-electron chi connectivity index (χ0n) is 17.4. The molecule has 0 saturated carbocycles. The van der Waals surface area contributed by atoms with E-state index in [1.165, 1.54) is 0 Å². The van der Waals surface area contributed by atoms with E-state index in [-0.39, 0.29) is 17.9 Å². The first-order valence-electron chi connectivity index (χ1n) is 10.0. The van der Waals surface area contributed by atoms with Crippen molar-refractivity contribution in [1.82, 2.24) is 9.80 Å². The van der Waals surface area contributed by atoms with Crippen molar-refractivity contribution in [2.24, 2.45) is 5.73 Å². The zero-order valence-corrected chi connectivity index (χ0v) is 17.4. The largest absolute Gasteiger partial charge is 0.337 e. The molecule has 1 aliphatic heterocycles. The number of piperidine rings is 1. The van der Waals surface area contributed by atoms with Gasteiger partial charge in [-0.3, -0.25) is 9.59 Å². The average Bonchev–Trinajstić information content (AvgIpc) is 2.73. The number of likely N-dealkylation sites (tertiary alicyclic amines) is 1. The first kappa shape index (κ1) is 21.0. The van der Waals surface area contributed by atoms with Crippen LogP contribution in [0.5, 0.6) is 0 Å². The Hall–Kier alpha value is -2.70. The molecule has 2 unspecified atom stereocenters. The van der Waals surface area contributed by atoms with Crippen LogP contribution in [0.1, 0.15) is 40.4 Å². The number of aryl methyl sites for hydroxylation is 1. The van der Waals surface area contributed by atoms with Crippen molar-refractivity contribution in [2.75, 3.05) is 32.5 Å². The number of carbonyl (C=O) groups is 2. The van der Waals surface area contributed by atoms with E-state index in [2.05, 4.69) is 17.3 Å². The van der Waals surface area contributed by atoms with Gasteiger partial charge in [0.1, 0.15) is 6.04 Å². The van der Waals surface area contributed by atoms with Gasteiger partial charge in [-0.1, -0.05) is 29.8 Å². The van der Waals surface area contributed by atoms with Crippen molar-refractivity contribution in [3.8, 4) is 0 Å². The molecule has 0 radical (unpaired) electrons. The van der Waals surface area contributed by atoms with E-state index in [9.17, 15) is 9.59 Å². The maximum atomic E-state index is 12.8. The van der Waals surface area contributed by atoms with Crippen LogP contribution in [0.25, 0.3) is 0 Å². The Morgan fingerprint density at radius 1 is 1.14 bits per heavy atom. The summed E-state index contributed by atoms with van der Waals surface area (Å²) in [6.45, 7) is 3.97. The minimum absolute atomic E-state index is 0.000432. The SMILES string of the molecule is Cc1ccc(C(N)C(=O)Nc2ccc(C(=O)N(C)C3CCCN(C)C3)cc2)cc1. The summed E-state index contributed by atoms with van der Waals surface area (Å²) in [5.41, 5.74) is 9.18. The van der Waals surface area contributed by atoms with Crippen molar-refractivity contribution in [2.45, 2.75) is 31.8 Å². The van der Waals surface area contributed by atoms with Gasteiger partial charge in [0.2, 0.25) is 5.91 Å². The van der Waals surface area contributed by atoms with E-state index >= 15 is 0 Å². The highest BCUT2D eigenvalue weighted by Crippen LogP contribution is 2.19. The summed E-state index contributed by atoms with van der Waals surface area (Å²) in [6, 6.07) is 14.1. The van der Waals surface area contributed by atoms with Gasteiger partial charge in [-0.05, 0) is 63.2 Å². The molecule has 1 saturated heterocycles. The molecule has 1 fully saturated rings. The number of hydrogen-bond donors (Lipinski definition) is 2. The predicted molar refractivity (Wildman–Crippen MR) is 116 cm³/mol. The lowest BCUT2D eigenvalue weighted by molar-refractivity contribution is -0.117. The van der Waals surface area contributed by atoms with E-state index in [1.807, 2.05) is 43.1 Å². The molecule has 3 rings (SSSR count). The minimum atomic E-state index is -0.744. The van der Waals surface area contributed by atoms with Gasteiger partial charge in [-0.2, -0.15) is 0 Å². The quantitative estimate of drug-likeness (QED) is 0.817. The lowest BCUT2D eigenvalue weighted by Crippen LogP contribution is -2.47. The van der Waals surface area contributed by atoms with Gasteiger partial charge < -0.3 is 20.9 Å². The van der Waals surface area contributed by atoms with E-state index in [0.29, 0.717) is 11.3 Å². The van der Waals surface area contributed by atoms with Crippen LogP contribution in [0.4, 0.5) is 5.69 Å². The summed E-state index contributed by atoms with van der Waals surface area (Å²) in [5.74, 6) is -0.283. The number of nitrogens with two attached hydrogens (primary N) is 1. The third-order valence-electron chi connectivity index (χ3n) is 5.59. The molecular formula is C23H30N4O2. The minimum Gasteiger partial charge on any atom is -0.337 e. The van der Waals surface area contributed by atoms with E-state index in [0.717, 1.165) is 37.1 Å². The maximum Gasteiger partial charge on any atom is 0.253 e. The summed E-state index contributed by atoms with van der Waals surface area (Å²) in [7, 11) is 3.95. The van der Waals surface area contributed by atoms with E-state index in [1.54, 1.807) is 24.3 Å². The molecule has 154 valence electrons. The Morgan fingerprint density at radius 2 is 1.79 bits per heavy atom. The molecule has 29 heavy (non-hydrogen) atoms. The molecule has 3 N–H and O–H groups in total. The summed E-state index contributed by atoms with van der Waals surface area (Å²) >= 11 is 0. The molecular weight excluding hydrogens is 364 g/mol. The fraction of sp³-hybridized carbons (Fsp3) is 0.391. The summed E-state index contributed by atoms with van der Waals surface area (Å²) in [5, 5.41) is 2.82. The molecule has 0 aliphatic carbocycles. The Morgan fingerprint density at radius 3 is 2.41 bits per heavy atom. The van der Waals surface area contributed by atoms with E-state index in [4.69, 9.17) is 5.73 Å². The second-order valence-corrected chi connectivity index (χ2v) is 7.93. The number of rotatable bonds is 5. The van der Waals surface area contributed by atoms with Crippen molar-refractivity contribution in [1.29, 1.82) is 0 Å². The number of hydrogen-bond acceptors (Lipinski definition) is 4. The highest BCUT2D eigenvalue weighted by Gasteiger charge is 2.25. The van der Waals surface area contributed by atoms with Gasteiger partial charge in [-0.25, -0.2) is 0 Å². The number of nitrogens with one attached hydrogen (secondary N) is 1. The summed E-state index contributed by atoms with van der Waals surface area (Å²) in [4.78, 5) is 29.3. The number of amides is 2. The van der Waals surface area contributed by atoms with Crippen LogP contribution >= 0.6 is 0 Å². The lowest BCUT2D eigenvalue weighted by Gasteiger charge is -2.35. The van der Waals surface area contributed by atoms with Crippen LogP contribution in [0.15, 0.2) is 48.5 Å². The molecule has 0 aromatic heterocycles. The fourth-order valence-electron chi connectivity index (χ4n) is 3.67. The maximum absolute atomic E-state index is 12.8. The second-order valence-electron chi connectivity index (χ2n) is 7.93. The summed E-state index contributed by atoms with van der Waals surface area (Å²) < 4.78 is 0. The highest BCUT2D eigenvalue weighted by molar-refractivity contribution is 5.97. The normalized spacial score (nSPS) is 18.1. The van der Waals surface area contributed by atoms with Crippen LogP contribution in [0.3, 0.4) is 0 Å². The Bertz CT molecular complexity index is 848. The average molecular weight is 395 g/mol. The monoisotopic (exact) mass is 394 g/mol. The predicted octanol–water partition coefficient (Wildman–Crippen LogP) is 2.80. The molecule has 1 heterocycles. The Balaban J connectivity index is 1.61. The van der Waals surface area contributed by atoms with Crippen molar-refractivity contribution >= 4 is 17.5 Å². The smallest absolute Gasteiger partial charge is 0.253 e. The molecule has 6 heteroatoms. The van der Waals surface area contributed by atoms with Crippen molar-refractivity contribution in [3.63, 3.8) is 0 Å². The van der Waals surface area contributed by atoms with E-state index < -0.39 is 6.04 Å². The standard InChI is InChI=1S/C23H30N4O2/c1-16-6-8-17(9-7-16)21(24)22(28)25-19-12-10-18(11-13-19)23(29)27(3)20-5-4-14-26(2)15-20/h6-13,20-21H,4-5,14-15,24H2,1-3H3,(H,25,28). The zero-order chi connectivity index (χ0) is 21.0. The van der Waals surface area contributed by atoms with Gasteiger partial charge >= 0.3 is 0 Å². The number of benzene rings is 2. The molecule has 2 amide bonds. The van der Waals surface area contributed by atoms with Crippen molar-refractivity contribution in [3.05, 3.63) is 65.2 Å². The van der Waals surface area contributed by atoms with Gasteiger partial charge in [0, 0.05) is 30.9 Å².